The van der Waals surface area contributed by atoms with E-state index in [4.69, 9.17) is 4.74 Å². The lowest BCUT2D eigenvalue weighted by Gasteiger charge is -2.66. The lowest BCUT2D eigenvalue weighted by molar-refractivity contribution is -0.233. The van der Waals surface area contributed by atoms with Crippen LogP contribution in [0.2, 0.25) is 0 Å². The Bertz CT molecular complexity index is 221. The highest BCUT2D eigenvalue weighted by atomic mass is 16.5. The third kappa shape index (κ3) is 0.971. The molecule has 3 saturated carbocycles. The first-order valence-corrected chi connectivity index (χ1v) is 5.48. The molecule has 0 spiro atoms. The molecule has 0 saturated heterocycles. The van der Waals surface area contributed by atoms with Gasteiger partial charge >= 0.3 is 0 Å². The van der Waals surface area contributed by atoms with Crippen molar-refractivity contribution in [3.63, 3.8) is 0 Å². The maximum atomic E-state index is 5.78. The highest BCUT2D eigenvalue weighted by molar-refractivity contribution is 5.11. The molecule has 0 aromatic rings. The monoisotopic (exact) mass is 182 g/mol. The first kappa shape index (κ1) is 9.51. The second-order valence-electron chi connectivity index (χ2n) is 5.83. The van der Waals surface area contributed by atoms with Gasteiger partial charge in [0.25, 0.3) is 0 Å². The number of methoxy groups -OCH3 is 1. The predicted molar refractivity (Wildman–Crippen MR) is 54.6 cm³/mol. The van der Waals surface area contributed by atoms with Crippen LogP contribution in [0.5, 0.6) is 0 Å². The van der Waals surface area contributed by atoms with Gasteiger partial charge in [-0.25, -0.2) is 0 Å². The molecule has 0 aliphatic heterocycles. The van der Waals surface area contributed by atoms with Crippen LogP contribution in [0.1, 0.15) is 40.5 Å². The van der Waals surface area contributed by atoms with E-state index in [1.165, 1.54) is 12.8 Å². The molecule has 0 aromatic carbocycles. The minimum Gasteiger partial charge on any atom is -0.378 e. The Morgan fingerprint density at radius 2 is 1.77 bits per heavy atom. The summed E-state index contributed by atoms with van der Waals surface area (Å²) in [6.45, 7) is 9.47. The van der Waals surface area contributed by atoms with Crippen LogP contribution in [0.25, 0.3) is 0 Å². The molecule has 3 rings (SSSR count). The van der Waals surface area contributed by atoms with E-state index in [1.807, 2.05) is 7.11 Å². The molecule has 1 heteroatoms. The van der Waals surface area contributed by atoms with E-state index in [9.17, 15) is 0 Å². The smallest absolute Gasteiger partial charge is 0.0709 e. The standard InChI is InChI=1S/C12H22O/c1-8-6-9-7-10(11(9,2)3)12(8,4)13-5/h8-10H,6-7H2,1-5H3/t8-,9-,10+,12?/m1/s1. The average molecular weight is 182 g/mol. The molecular formula is C12H22O. The summed E-state index contributed by atoms with van der Waals surface area (Å²) in [5.41, 5.74) is 0.662. The largest absolute Gasteiger partial charge is 0.378 e. The maximum Gasteiger partial charge on any atom is 0.0709 e. The fourth-order valence-corrected chi connectivity index (χ4v) is 3.74. The minimum absolute atomic E-state index is 0.137. The third-order valence-electron chi connectivity index (χ3n) is 5.22. The molecule has 3 aliphatic carbocycles. The zero-order valence-corrected chi connectivity index (χ0v) is 9.55. The first-order valence-electron chi connectivity index (χ1n) is 5.48. The van der Waals surface area contributed by atoms with Gasteiger partial charge in [0.05, 0.1) is 5.60 Å². The Kier molecular flexibility index (Phi) is 1.83. The normalized spacial score (nSPS) is 52.8. The highest BCUT2D eigenvalue weighted by Gasteiger charge is 2.62. The van der Waals surface area contributed by atoms with E-state index >= 15 is 0 Å². The van der Waals surface area contributed by atoms with Gasteiger partial charge in [0, 0.05) is 7.11 Å². The van der Waals surface area contributed by atoms with Gasteiger partial charge in [0.15, 0.2) is 0 Å². The van der Waals surface area contributed by atoms with Gasteiger partial charge in [-0.3, -0.25) is 0 Å². The lowest BCUT2D eigenvalue weighted by Crippen LogP contribution is -2.64. The summed E-state index contributed by atoms with van der Waals surface area (Å²) >= 11 is 0. The quantitative estimate of drug-likeness (QED) is 0.605. The molecule has 13 heavy (non-hydrogen) atoms. The van der Waals surface area contributed by atoms with Crippen LogP contribution in [-0.2, 0) is 4.74 Å². The van der Waals surface area contributed by atoms with E-state index in [0.717, 1.165) is 17.8 Å². The molecule has 0 N–H and O–H groups in total. The topological polar surface area (TPSA) is 9.23 Å². The van der Waals surface area contributed by atoms with E-state index in [0.29, 0.717) is 5.41 Å². The van der Waals surface area contributed by atoms with Crippen LogP contribution in [0.3, 0.4) is 0 Å². The Morgan fingerprint density at radius 1 is 1.15 bits per heavy atom. The molecule has 0 amide bonds. The van der Waals surface area contributed by atoms with Gasteiger partial charge in [0.1, 0.15) is 0 Å². The summed E-state index contributed by atoms with van der Waals surface area (Å²) in [5, 5.41) is 0. The van der Waals surface area contributed by atoms with Gasteiger partial charge in [-0.15, -0.1) is 0 Å². The maximum absolute atomic E-state index is 5.78. The molecular weight excluding hydrogens is 160 g/mol. The summed E-state index contributed by atoms with van der Waals surface area (Å²) in [5.74, 6) is 2.46. The van der Waals surface area contributed by atoms with Gasteiger partial charge in [0.2, 0.25) is 0 Å². The SMILES string of the molecule is COC1(C)[C@H](C)C[C@@H]2C[C@H]1C2(C)C. The van der Waals surface area contributed by atoms with Crippen LogP contribution < -0.4 is 0 Å². The Hall–Kier alpha value is -0.0400. The van der Waals surface area contributed by atoms with Gasteiger partial charge in [-0.05, 0) is 42.9 Å². The summed E-state index contributed by atoms with van der Waals surface area (Å²) in [7, 11) is 1.88. The summed E-state index contributed by atoms with van der Waals surface area (Å²) in [6.07, 6.45) is 2.75. The van der Waals surface area contributed by atoms with E-state index in [-0.39, 0.29) is 5.60 Å². The number of hydrogen-bond donors (Lipinski definition) is 0. The van der Waals surface area contributed by atoms with Crippen molar-refractivity contribution in [3.05, 3.63) is 0 Å². The fraction of sp³-hybridized carbons (Fsp3) is 1.00. The van der Waals surface area contributed by atoms with Crippen molar-refractivity contribution in [1.82, 2.24) is 0 Å². The zero-order chi connectivity index (χ0) is 9.85. The van der Waals surface area contributed by atoms with Crippen LogP contribution >= 0.6 is 0 Å². The molecule has 76 valence electrons. The van der Waals surface area contributed by atoms with Crippen LogP contribution in [0, 0.1) is 23.2 Å². The molecule has 0 radical (unpaired) electrons. The fourth-order valence-electron chi connectivity index (χ4n) is 3.74. The number of ether oxygens (including phenoxy) is 1. The van der Waals surface area contributed by atoms with E-state index in [2.05, 4.69) is 27.7 Å². The minimum atomic E-state index is 0.137. The van der Waals surface area contributed by atoms with Crippen molar-refractivity contribution in [2.75, 3.05) is 7.11 Å². The molecule has 3 aliphatic rings. The molecule has 2 bridgehead atoms. The molecule has 3 fully saturated rings. The molecule has 4 atom stereocenters. The Balaban J connectivity index is 2.27. The van der Waals surface area contributed by atoms with Crippen LogP contribution in [0.15, 0.2) is 0 Å². The Morgan fingerprint density at radius 3 is 2.15 bits per heavy atom. The summed E-state index contributed by atoms with van der Waals surface area (Å²) in [6, 6.07) is 0. The van der Waals surface area contributed by atoms with Crippen molar-refractivity contribution in [2.24, 2.45) is 23.2 Å². The zero-order valence-electron chi connectivity index (χ0n) is 9.55. The van der Waals surface area contributed by atoms with E-state index < -0.39 is 0 Å². The third-order valence-corrected chi connectivity index (χ3v) is 5.22. The number of hydrogen-bond acceptors (Lipinski definition) is 1. The van der Waals surface area contributed by atoms with Crippen molar-refractivity contribution < 1.29 is 4.74 Å². The molecule has 0 heterocycles. The lowest BCUT2D eigenvalue weighted by atomic mass is 9.42. The van der Waals surface area contributed by atoms with Crippen molar-refractivity contribution in [2.45, 2.75) is 46.1 Å². The second kappa shape index (κ2) is 2.50. The molecule has 0 aromatic heterocycles. The van der Waals surface area contributed by atoms with Crippen LogP contribution in [-0.4, -0.2) is 12.7 Å². The summed E-state index contributed by atoms with van der Waals surface area (Å²) < 4.78 is 5.78. The highest BCUT2D eigenvalue weighted by Crippen LogP contribution is 2.65. The predicted octanol–water partition coefficient (Wildman–Crippen LogP) is 3.09. The van der Waals surface area contributed by atoms with Gasteiger partial charge in [-0.1, -0.05) is 20.8 Å². The first-order chi connectivity index (χ1) is 5.93. The number of rotatable bonds is 1. The van der Waals surface area contributed by atoms with Crippen molar-refractivity contribution in [3.8, 4) is 0 Å². The van der Waals surface area contributed by atoms with Crippen molar-refractivity contribution in [1.29, 1.82) is 0 Å². The average Bonchev–Trinajstić information content (AvgIpc) is 2.08. The van der Waals surface area contributed by atoms with Crippen LogP contribution in [0.4, 0.5) is 0 Å². The molecule has 1 unspecified atom stereocenters. The Labute approximate surface area is 81.9 Å². The second-order valence-corrected chi connectivity index (χ2v) is 5.83. The van der Waals surface area contributed by atoms with E-state index in [1.54, 1.807) is 0 Å². The van der Waals surface area contributed by atoms with Gasteiger partial charge in [-0.2, -0.15) is 0 Å². The number of fused-ring (bicyclic) bond motifs is 2. The van der Waals surface area contributed by atoms with Gasteiger partial charge < -0.3 is 4.74 Å². The summed E-state index contributed by atoms with van der Waals surface area (Å²) in [4.78, 5) is 0. The van der Waals surface area contributed by atoms with Crippen molar-refractivity contribution >= 4 is 0 Å². The molecule has 1 nitrogen and oxygen atoms in total.